The molecule has 0 aromatic heterocycles. The number of amides is 1. The Labute approximate surface area is 121 Å². The van der Waals surface area contributed by atoms with Gasteiger partial charge in [0.1, 0.15) is 5.69 Å². The van der Waals surface area contributed by atoms with Crippen molar-refractivity contribution in [3.05, 3.63) is 28.1 Å². The topological polar surface area (TPSA) is 93.5 Å². The van der Waals surface area contributed by atoms with Crippen molar-refractivity contribution in [3.63, 3.8) is 0 Å². The Kier molecular flexibility index (Phi) is 5.89. The van der Waals surface area contributed by atoms with Gasteiger partial charge in [0.2, 0.25) is 5.91 Å². The fourth-order valence-electron chi connectivity index (χ4n) is 1.55. The van der Waals surface area contributed by atoms with Gasteiger partial charge < -0.3 is 15.4 Å². The smallest absolute Gasteiger partial charge is 0.295 e. The molecule has 0 saturated heterocycles. The van der Waals surface area contributed by atoms with Gasteiger partial charge in [0, 0.05) is 12.6 Å². The number of carbonyl (C=O) groups is 1. The minimum atomic E-state index is -0.834. The molecule has 1 aromatic rings. The number of benzene rings is 1. The Morgan fingerprint density at radius 1 is 1.48 bits per heavy atom. The van der Waals surface area contributed by atoms with E-state index in [2.05, 4.69) is 10.6 Å². The summed E-state index contributed by atoms with van der Waals surface area (Å²) in [6.45, 7) is 4.25. The van der Waals surface area contributed by atoms with Gasteiger partial charge in [0.25, 0.3) is 5.69 Å². The minimum Gasteiger partial charge on any atom is -0.494 e. The van der Waals surface area contributed by atoms with Gasteiger partial charge >= 0.3 is 0 Å². The molecule has 0 fully saturated rings. The predicted octanol–water partition coefficient (Wildman–Crippen LogP) is 1.93. The van der Waals surface area contributed by atoms with Crippen molar-refractivity contribution in [3.8, 4) is 5.75 Å². The molecule has 0 atom stereocenters. The average Bonchev–Trinajstić information content (AvgIpc) is 2.43. The molecule has 1 rings (SSSR count). The van der Waals surface area contributed by atoms with Crippen LogP contribution in [0.3, 0.4) is 0 Å². The van der Waals surface area contributed by atoms with Gasteiger partial charge in [-0.2, -0.15) is 0 Å². The second-order valence-corrected chi connectivity index (χ2v) is 4.81. The molecule has 7 nitrogen and oxygen atoms in total. The number of nitrogens with zero attached hydrogens (tertiary/aromatic N) is 1. The molecule has 0 spiro atoms. The van der Waals surface area contributed by atoms with Gasteiger partial charge in [0.05, 0.1) is 24.6 Å². The first kappa shape index (κ1) is 16.7. The van der Waals surface area contributed by atoms with Gasteiger partial charge in [-0.25, -0.2) is 4.39 Å². The third kappa shape index (κ3) is 4.90. The first-order chi connectivity index (χ1) is 9.85. The van der Waals surface area contributed by atoms with Crippen LogP contribution in [0.1, 0.15) is 13.8 Å². The van der Waals surface area contributed by atoms with Crippen molar-refractivity contribution < 1.29 is 18.8 Å². The van der Waals surface area contributed by atoms with Gasteiger partial charge in [-0.05, 0) is 5.92 Å². The number of methoxy groups -OCH3 is 1. The van der Waals surface area contributed by atoms with Crippen molar-refractivity contribution in [2.24, 2.45) is 5.92 Å². The number of ether oxygens (including phenoxy) is 1. The Balaban J connectivity index is 2.81. The molecule has 0 aliphatic heterocycles. The van der Waals surface area contributed by atoms with Crippen LogP contribution in [0.5, 0.6) is 5.75 Å². The number of nitro benzene ring substituents is 1. The van der Waals surface area contributed by atoms with E-state index < -0.39 is 16.4 Å². The van der Waals surface area contributed by atoms with Crippen molar-refractivity contribution >= 4 is 17.3 Å². The summed E-state index contributed by atoms with van der Waals surface area (Å²) in [7, 11) is 1.25. The van der Waals surface area contributed by atoms with E-state index in [9.17, 15) is 19.3 Å². The van der Waals surface area contributed by atoms with Crippen LogP contribution in [0.15, 0.2) is 12.1 Å². The third-order valence-corrected chi connectivity index (χ3v) is 2.61. The number of carbonyl (C=O) groups excluding carboxylic acids is 1. The van der Waals surface area contributed by atoms with E-state index in [1.807, 2.05) is 13.8 Å². The van der Waals surface area contributed by atoms with Gasteiger partial charge in [0.15, 0.2) is 11.6 Å². The molecule has 0 aliphatic rings. The zero-order valence-corrected chi connectivity index (χ0v) is 12.1. The largest absolute Gasteiger partial charge is 0.494 e. The summed E-state index contributed by atoms with van der Waals surface area (Å²) in [5, 5.41) is 16.2. The van der Waals surface area contributed by atoms with Crippen LogP contribution in [0, 0.1) is 21.8 Å². The number of hydrogen-bond donors (Lipinski definition) is 2. The van der Waals surface area contributed by atoms with Crippen LogP contribution in [-0.2, 0) is 4.79 Å². The van der Waals surface area contributed by atoms with E-state index in [1.54, 1.807) is 0 Å². The molecule has 0 unspecified atom stereocenters. The Morgan fingerprint density at radius 2 is 2.14 bits per heavy atom. The lowest BCUT2D eigenvalue weighted by atomic mass is 10.2. The predicted molar refractivity (Wildman–Crippen MR) is 75.9 cm³/mol. The number of halogens is 1. The lowest BCUT2D eigenvalue weighted by Gasteiger charge is -2.11. The molecular weight excluding hydrogens is 281 g/mol. The summed E-state index contributed by atoms with van der Waals surface area (Å²) in [5.41, 5.74) is -0.428. The SMILES string of the molecule is COc1cc(NCC(=O)NCC(C)C)c([N+](=O)[O-])cc1F. The van der Waals surface area contributed by atoms with E-state index in [-0.39, 0.29) is 23.9 Å². The van der Waals surface area contributed by atoms with E-state index in [4.69, 9.17) is 4.74 Å². The lowest BCUT2D eigenvalue weighted by Crippen LogP contribution is -2.32. The Bertz CT molecular complexity index is 534. The van der Waals surface area contributed by atoms with Crippen LogP contribution in [0.2, 0.25) is 0 Å². The average molecular weight is 299 g/mol. The fourth-order valence-corrected chi connectivity index (χ4v) is 1.55. The highest BCUT2D eigenvalue weighted by atomic mass is 19.1. The molecule has 2 N–H and O–H groups in total. The molecule has 0 saturated carbocycles. The van der Waals surface area contributed by atoms with Crippen LogP contribution < -0.4 is 15.4 Å². The molecular formula is C13H18FN3O4. The maximum absolute atomic E-state index is 13.5. The molecule has 0 heterocycles. The van der Waals surface area contributed by atoms with Crippen LogP contribution in [0.25, 0.3) is 0 Å². The molecule has 1 amide bonds. The van der Waals surface area contributed by atoms with Gasteiger partial charge in [-0.15, -0.1) is 0 Å². The summed E-state index contributed by atoms with van der Waals surface area (Å²) in [4.78, 5) is 21.7. The fraction of sp³-hybridized carbons (Fsp3) is 0.462. The van der Waals surface area contributed by atoms with E-state index in [0.29, 0.717) is 12.5 Å². The summed E-state index contributed by atoms with van der Waals surface area (Å²) in [5.74, 6) is -0.972. The standard InChI is InChI=1S/C13H18FN3O4/c1-8(2)6-16-13(18)7-15-10-5-12(21-3)9(14)4-11(10)17(19)20/h4-5,8,15H,6-7H2,1-3H3,(H,16,18). The van der Waals surface area contributed by atoms with E-state index >= 15 is 0 Å². The summed E-state index contributed by atoms with van der Waals surface area (Å²) >= 11 is 0. The zero-order chi connectivity index (χ0) is 16.0. The molecule has 116 valence electrons. The molecule has 21 heavy (non-hydrogen) atoms. The normalized spacial score (nSPS) is 10.3. The number of nitro groups is 1. The van der Waals surface area contributed by atoms with Crippen molar-refractivity contribution in [2.75, 3.05) is 25.5 Å². The van der Waals surface area contributed by atoms with E-state index in [0.717, 1.165) is 12.1 Å². The van der Waals surface area contributed by atoms with E-state index in [1.165, 1.54) is 7.11 Å². The number of rotatable bonds is 7. The lowest BCUT2D eigenvalue weighted by molar-refractivity contribution is -0.384. The molecule has 8 heteroatoms. The highest BCUT2D eigenvalue weighted by molar-refractivity contribution is 5.81. The monoisotopic (exact) mass is 299 g/mol. The Hall–Kier alpha value is -2.38. The minimum absolute atomic E-state index is 0.0259. The van der Waals surface area contributed by atoms with Gasteiger partial charge in [-0.1, -0.05) is 13.8 Å². The van der Waals surface area contributed by atoms with Crippen LogP contribution >= 0.6 is 0 Å². The van der Waals surface area contributed by atoms with Crippen LogP contribution in [0.4, 0.5) is 15.8 Å². The second-order valence-electron chi connectivity index (χ2n) is 4.81. The zero-order valence-electron chi connectivity index (χ0n) is 12.1. The van der Waals surface area contributed by atoms with Crippen molar-refractivity contribution in [1.82, 2.24) is 5.32 Å². The maximum atomic E-state index is 13.5. The summed E-state index contributed by atoms with van der Waals surface area (Å²) in [6, 6.07) is 1.91. The first-order valence-electron chi connectivity index (χ1n) is 6.37. The summed E-state index contributed by atoms with van der Waals surface area (Å²) < 4.78 is 18.2. The molecule has 0 bridgehead atoms. The van der Waals surface area contributed by atoms with Crippen LogP contribution in [-0.4, -0.2) is 31.0 Å². The third-order valence-electron chi connectivity index (χ3n) is 2.61. The number of nitrogens with one attached hydrogen (secondary N) is 2. The van der Waals surface area contributed by atoms with Crippen molar-refractivity contribution in [2.45, 2.75) is 13.8 Å². The summed E-state index contributed by atoms with van der Waals surface area (Å²) in [6.07, 6.45) is 0. The second kappa shape index (κ2) is 7.41. The molecule has 1 aromatic carbocycles. The number of anilines is 1. The van der Waals surface area contributed by atoms with Gasteiger partial charge in [-0.3, -0.25) is 14.9 Å². The number of hydrogen-bond acceptors (Lipinski definition) is 5. The van der Waals surface area contributed by atoms with Crippen molar-refractivity contribution in [1.29, 1.82) is 0 Å². The quantitative estimate of drug-likeness (QED) is 0.592. The maximum Gasteiger partial charge on any atom is 0.295 e. The highest BCUT2D eigenvalue weighted by Gasteiger charge is 2.19. The first-order valence-corrected chi connectivity index (χ1v) is 6.37. The molecule has 0 aliphatic carbocycles. The molecule has 0 radical (unpaired) electrons. The Morgan fingerprint density at radius 3 is 2.67 bits per heavy atom. The highest BCUT2D eigenvalue weighted by Crippen LogP contribution is 2.31.